The van der Waals surface area contributed by atoms with E-state index < -0.39 is 59.1 Å². The first kappa shape index (κ1) is 31.5. The van der Waals surface area contributed by atoms with Gasteiger partial charge in [-0.1, -0.05) is 30.3 Å². The van der Waals surface area contributed by atoms with E-state index >= 15 is 0 Å². The molecular formula is C30H31F4N3O6. The minimum absolute atomic E-state index is 0.0341. The molecule has 0 bridgehead atoms. The Bertz CT molecular complexity index is 1480. The second-order valence-electron chi connectivity index (χ2n) is 11.3. The lowest BCUT2D eigenvalue weighted by Gasteiger charge is -2.32. The van der Waals surface area contributed by atoms with E-state index in [9.17, 15) is 32.3 Å². The number of amides is 2. The van der Waals surface area contributed by atoms with Crippen LogP contribution >= 0.6 is 0 Å². The zero-order valence-electron chi connectivity index (χ0n) is 23.8. The second-order valence-corrected chi connectivity index (χ2v) is 11.3. The quantitative estimate of drug-likeness (QED) is 0.294. The summed E-state index contributed by atoms with van der Waals surface area (Å²) in [6.07, 6.45) is -7.60. The van der Waals surface area contributed by atoms with Gasteiger partial charge in [-0.25, -0.2) is 19.0 Å². The van der Waals surface area contributed by atoms with Crippen LogP contribution in [0, 0.1) is 5.82 Å². The van der Waals surface area contributed by atoms with Crippen molar-refractivity contribution in [2.75, 3.05) is 6.54 Å². The fourth-order valence-electron chi connectivity index (χ4n) is 4.38. The molecule has 43 heavy (non-hydrogen) atoms. The number of hydrogen-bond donors (Lipinski definition) is 3. The normalized spacial score (nSPS) is 17.7. The van der Waals surface area contributed by atoms with Crippen molar-refractivity contribution in [1.82, 2.24) is 15.6 Å². The smallest absolute Gasteiger partial charge is 0.424 e. The van der Waals surface area contributed by atoms with Gasteiger partial charge < -0.3 is 24.6 Å². The molecule has 3 N–H and O–H groups in total. The molecule has 9 nitrogen and oxygen atoms in total. The van der Waals surface area contributed by atoms with E-state index in [1.807, 2.05) is 5.32 Å². The lowest BCUT2D eigenvalue weighted by Crippen LogP contribution is -2.53. The molecule has 0 fully saturated rings. The highest BCUT2D eigenvalue weighted by Gasteiger charge is 2.59. The molecule has 2 unspecified atom stereocenters. The van der Waals surface area contributed by atoms with E-state index in [0.29, 0.717) is 5.56 Å². The standard InChI is InChI=1S/C30H31F4N3O6/c1-27(2,3)43-25(38)35-17-29(40,30(32,33)34)24-23-20(14-22(36-24)19-10-12-21(31)13-11-19)15-28(4,42-23)37-26(39)41-16-18-8-6-5-7-9-18/h5-14,40H,15-17H2,1-4H3,(H,35,38)(H,37,39). The lowest BCUT2D eigenvalue weighted by atomic mass is 9.93. The van der Waals surface area contributed by atoms with Crippen molar-refractivity contribution in [1.29, 1.82) is 0 Å². The summed E-state index contributed by atoms with van der Waals surface area (Å²) >= 11 is 0. The van der Waals surface area contributed by atoms with Gasteiger partial charge in [0.2, 0.25) is 5.60 Å². The van der Waals surface area contributed by atoms with Crippen LogP contribution < -0.4 is 15.4 Å². The molecule has 0 saturated carbocycles. The Morgan fingerprint density at radius 3 is 2.30 bits per heavy atom. The molecule has 1 aromatic heterocycles. The Labute approximate surface area is 245 Å². The number of ether oxygens (including phenoxy) is 3. The van der Waals surface area contributed by atoms with Gasteiger partial charge in [0.1, 0.15) is 23.7 Å². The largest absolute Gasteiger partial charge is 0.466 e. The van der Waals surface area contributed by atoms with Gasteiger partial charge in [0.05, 0.1) is 12.2 Å². The molecule has 2 aromatic carbocycles. The third-order valence-electron chi connectivity index (χ3n) is 6.37. The number of alkyl carbamates (subject to hydrolysis) is 2. The van der Waals surface area contributed by atoms with Crippen molar-refractivity contribution in [3.05, 3.63) is 83.3 Å². The predicted molar refractivity (Wildman–Crippen MR) is 146 cm³/mol. The SMILES string of the molecule is CC(C)(C)OC(=O)NCC(O)(c1nc(-c2ccc(F)cc2)cc2c1OC(C)(NC(=O)OCc1ccccc1)C2)C(F)(F)F. The third-order valence-corrected chi connectivity index (χ3v) is 6.37. The van der Waals surface area contributed by atoms with Crippen LogP contribution in [-0.2, 0) is 28.1 Å². The number of aliphatic hydroxyl groups is 1. The molecule has 0 spiro atoms. The van der Waals surface area contributed by atoms with Crippen molar-refractivity contribution in [2.24, 2.45) is 0 Å². The number of fused-ring (bicyclic) bond motifs is 1. The summed E-state index contributed by atoms with van der Waals surface area (Å²) in [6, 6.07) is 15.1. The van der Waals surface area contributed by atoms with Crippen molar-refractivity contribution in [3.8, 4) is 17.0 Å². The first-order chi connectivity index (χ1) is 20.0. The van der Waals surface area contributed by atoms with E-state index in [2.05, 4.69) is 10.3 Å². The van der Waals surface area contributed by atoms with Gasteiger partial charge in [0.15, 0.2) is 11.5 Å². The fraction of sp³-hybridized carbons (Fsp3) is 0.367. The van der Waals surface area contributed by atoms with Gasteiger partial charge in [-0.05, 0) is 63.6 Å². The number of hydrogen-bond acceptors (Lipinski definition) is 7. The summed E-state index contributed by atoms with van der Waals surface area (Å²) in [5, 5.41) is 15.7. The van der Waals surface area contributed by atoms with Gasteiger partial charge >= 0.3 is 18.4 Å². The van der Waals surface area contributed by atoms with Gasteiger partial charge in [-0.3, -0.25) is 5.32 Å². The van der Waals surface area contributed by atoms with Crippen LogP contribution in [0.15, 0.2) is 60.7 Å². The molecule has 4 rings (SSSR count). The second kappa shape index (κ2) is 11.7. The number of rotatable bonds is 7. The number of alkyl halides is 3. The maximum absolute atomic E-state index is 14.6. The molecule has 0 radical (unpaired) electrons. The van der Waals surface area contributed by atoms with Crippen molar-refractivity contribution < 1.29 is 46.5 Å². The summed E-state index contributed by atoms with van der Waals surface area (Å²) in [5.41, 5.74) is -6.25. The minimum atomic E-state index is -5.37. The predicted octanol–water partition coefficient (Wildman–Crippen LogP) is 5.74. The molecule has 2 atom stereocenters. The van der Waals surface area contributed by atoms with Crippen LogP contribution in [0.1, 0.15) is 44.5 Å². The zero-order valence-corrected chi connectivity index (χ0v) is 23.8. The monoisotopic (exact) mass is 605 g/mol. The molecule has 3 aromatic rings. The third kappa shape index (κ3) is 7.53. The lowest BCUT2D eigenvalue weighted by molar-refractivity contribution is -0.265. The highest BCUT2D eigenvalue weighted by molar-refractivity contribution is 5.70. The number of aromatic nitrogens is 1. The highest BCUT2D eigenvalue weighted by atomic mass is 19.4. The van der Waals surface area contributed by atoms with Crippen LogP contribution in [-0.4, -0.2) is 46.3 Å². The Morgan fingerprint density at radius 2 is 1.70 bits per heavy atom. The van der Waals surface area contributed by atoms with E-state index in [1.54, 1.807) is 30.3 Å². The average molecular weight is 606 g/mol. The van der Waals surface area contributed by atoms with E-state index in [-0.39, 0.29) is 29.8 Å². The van der Waals surface area contributed by atoms with E-state index in [4.69, 9.17) is 14.2 Å². The number of nitrogens with zero attached hydrogens (tertiary/aromatic N) is 1. The first-order valence-electron chi connectivity index (χ1n) is 13.2. The van der Waals surface area contributed by atoms with Crippen LogP contribution in [0.3, 0.4) is 0 Å². The van der Waals surface area contributed by atoms with Crippen LogP contribution in [0.2, 0.25) is 0 Å². The Hall–Kier alpha value is -4.39. The summed E-state index contributed by atoms with van der Waals surface area (Å²) in [6.45, 7) is 4.55. The van der Waals surface area contributed by atoms with Gasteiger partial charge in [-0.2, -0.15) is 13.2 Å². The Kier molecular flexibility index (Phi) is 8.59. The van der Waals surface area contributed by atoms with Crippen molar-refractivity contribution >= 4 is 12.2 Å². The first-order valence-corrected chi connectivity index (χ1v) is 13.2. The molecule has 1 aliphatic heterocycles. The van der Waals surface area contributed by atoms with Crippen LogP contribution in [0.25, 0.3) is 11.3 Å². The Morgan fingerprint density at radius 1 is 1.05 bits per heavy atom. The van der Waals surface area contributed by atoms with E-state index in [1.165, 1.54) is 45.9 Å². The topological polar surface area (TPSA) is 119 Å². The average Bonchev–Trinajstić information content (AvgIpc) is 3.25. The number of carbonyl (C=O) groups is 2. The molecule has 2 heterocycles. The molecule has 0 saturated heterocycles. The fourth-order valence-corrected chi connectivity index (χ4v) is 4.38. The molecule has 2 amide bonds. The molecular weight excluding hydrogens is 574 g/mol. The van der Waals surface area contributed by atoms with Crippen molar-refractivity contribution in [3.63, 3.8) is 0 Å². The number of pyridine rings is 1. The number of benzene rings is 2. The minimum Gasteiger partial charge on any atom is -0.466 e. The highest BCUT2D eigenvalue weighted by Crippen LogP contribution is 2.47. The Balaban J connectivity index is 1.70. The summed E-state index contributed by atoms with van der Waals surface area (Å²) in [5.74, 6) is -1.02. The number of halogens is 4. The number of nitrogens with one attached hydrogen (secondary N) is 2. The zero-order chi connectivity index (χ0) is 31.6. The molecule has 1 aliphatic rings. The molecule has 13 heteroatoms. The molecule has 0 aliphatic carbocycles. The molecule has 230 valence electrons. The summed E-state index contributed by atoms with van der Waals surface area (Å²) in [7, 11) is 0. The van der Waals surface area contributed by atoms with Gasteiger partial charge in [0.25, 0.3) is 0 Å². The van der Waals surface area contributed by atoms with Crippen molar-refractivity contribution in [2.45, 2.75) is 63.8 Å². The summed E-state index contributed by atoms with van der Waals surface area (Å²) < 4.78 is 73.6. The maximum atomic E-state index is 14.6. The van der Waals surface area contributed by atoms with Gasteiger partial charge in [0, 0.05) is 17.5 Å². The van der Waals surface area contributed by atoms with Crippen LogP contribution in [0.5, 0.6) is 5.75 Å². The number of carbonyl (C=O) groups excluding carboxylic acids is 2. The summed E-state index contributed by atoms with van der Waals surface area (Å²) in [4.78, 5) is 29.0. The van der Waals surface area contributed by atoms with Gasteiger partial charge in [-0.15, -0.1) is 0 Å². The van der Waals surface area contributed by atoms with E-state index in [0.717, 1.165) is 12.1 Å². The maximum Gasteiger partial charge on any atom is 0.424 e. The van der Waals surface area contributed by atoms with Crippen LogP contribution in [0.4, 0.5) is 27.2 Å².